The Hall–Kier alpha value is -1.06. The molecule has 0 radical (unpaired) electrons. The standard InChI is InChI=1S/C14H22N2O/c1-11-4-3-7-16(11)10-13-8-12(9-15)5-6-14(13)17-2/h5-6,8,11H,3-4,7,9-10,15H2,1-2H3. The zero-order valence-corrected chi connectivity index (χ0v) is 10.8. The van der Waals surface area contributed by atoms with Gasteiger partial charge in [0, 0.05) is 24.7 Å². The largest absolute Gasteiger partial charge is 0.496 e. The van der Waals surface area contributed by atoms with E-state index >= 15 is 0 Å². The number of nitrogens with zero attached hydrogens (tertiary/aromatic N) is 1. The van der Waals surface area contributed by atoms with Gasteiger partial charge in [-0.15, -0.1) is 0 Å². The fourth-order valence-corrected chi connectivity index (χ4v) is 2.53. The minimum Gasteiger partial charge on any atom is -0.496 e. The molecule has 1 aliphatic rings. The Balaban J connectivity index is 2.17. The van der Waals surface area contributed by atoms with E-state index in [2.05, 4.69) is 17.9 Å². The number of benzene rings is 1. The number of likely N-dealkylation sites (tertiary alicyclic amines) is 1. The lowest BCUT2D eigenvalue weighted by Crippen LogP contribution is -2.26. The van der Waals surface area contributed by atoms with Gasteiger partial charge >= 0.3 is 0 Å². The predicted molar refractivity (Wildman–Crippen MR) is 70.0 cm³/mol. The fraction of sp³-hybridized carbons (Fsp3) is 0.571. The maximum atomic E-state index is 5.69. The average molecular weight is 234 g/mol. The van der Waals surface area contributed by atoms with Crippen molar-refractivity contribution in [1.82, 2.24) is 4.90 Å². The van der Waals surface area contributed by atoms with Crippen molar-refractivity contribution in [3.05, 3.63) is 29.3 Å². The zero-order chi connectivity index (χ0) is 12.3. The molecule has 1 unspecified atom stereocenters. The van der Waals surface area contributed by atoms with E-state index in [4.69, 9.17) is 10.5 Å². The fourth-order valence-electron chi connectivity index (χ4n) is 2.53. The highest BCUT2D eigenvalue weighted by Gasteiger charge is 2.21. The molecule has 1 fully saturated rings. The predicted octanol–water partition coefficient (Wildman–Crippen LogP) is 2.14. The van der Waals surface area contributed by atoms with Crippen molar-refractivity contribution < 1.29 is 4.74 Å². The molecule has 0 spiro atoms. The Morgan fingerprint density at radius 3 is 2.88 bits per heavy atom. The number of nitrogens with two attached hydrogens (primary N) is 1. The molecule has 17 heavy (non-hydrogen) atoms. The summed E-state index contributed by atoms with van der Waals surface area (Å²) in [6.45, 7) is 5.05. The Labute approximate surface area is 104 Å². The molecule has 2 rings (SSSR count). The average Bonchev–Trinajstić information content (AvgIpc) is 2.75. The Morgan fingerprint density at radius 1 is 1.47 bits per heavy atom. The van der Waals surface area contributed by atoms with Gasteiger partial charge in [0.05, 0.1) is 7.11 Å². The van der Waals surface area contributed by atoms with Crippen LogP contribution in [0.5, 0.6) is 5.75 Å². The maximum Gasteiger partial charge on any atom is 0.123 e. The molecular weight excluding hydrogens is 212 g/mol. The molecule has 1 saturated heterocycles. The van der Waals surface area contributed by atoms with Gasteiger partial charge in [-0.05, 0) is 44.0 Å². The third kappa shape index (κ3) is 2.79. The van der Waals surface area contributed by atoms with E-state index in [-0.39, 0.29) is 0 Å². The van der Waals surface area contributed by atoms with Crippen LogP contribution in [0, 0.1) is 0 Å². The second-order valence-electron chi connectivity index (χ2n) is 4.81. The minimum atomic E-state index is 0.590. The van der Waals surface area contributed by atoms with Crippen LogP contribution in [-0.2, 0) is 13.1 Å². The SMILES string of the molecule is COc1ccc(CN)cc1CN1CCCC1C. The first-order chi connectivity index (χ1) is 8.24. The van der Waals surface area contributed by atoms with E-state index in [1.165, 1.54) is 30.5 Å². The van der Waals surface area contributed by atoms with Gasteiger partial charge in [-0.25, -0.2) is 0 Å². The van der Waals surface area contributed by atoms with E-state index in [1.807, 2.05) is 12.1 Å². The van der Waals surface area contributed by atoms with Gasteiger partial charge in [-0.3, -0.25) is 4.90 Å². The van der Waals surface area contributed by atoms with Crippen LogP contribution in [0.25, 0.3) is 0 Å². The normalized spacial score (nSPS) is 20.8. The number of methoxy groups -OCH3 is 1. The second-order valence-corrected chi connectivity index (χ2v) is 4.81. The summed E-state index contributed by atoms with van der Waals surface area (Å²) in [6.07, 6.45) is 2.61. The second kappa shape index (κ2) is 5.52. The summed E-state index contributed by atoms with van der Waals surface area (Å²) in [5, 5.41) is 0. The number of ether oxygens (including phenoxy) is 1. The molecule has 0 amide bonds. The van der Waals surface area contributed by atoms with Crippen LogP contribution in [0.1, 0.15) is 30.9 Å². The van der Waals surface area contributed by atoms with Crippen LogP contribution >= 0.6 is 0 Å². The van der Waals surface area contributed by atoms with Gasteiger partial charge in [-0.1, -0.05) is 6.07 Å². The summed E-state index contributed by atoms with van der Waals surface area (Å²) in [7, 11) is 1.73. The molecule has 0 aliphatic carbocycles. The van der Waals surface area contributed by atoms with Crippen LogP contribution in [0.4, 0.5) is 0 Å². The summed E-state index contributed by atoms with van der Waals surface area (Å²) in [4.78, 5) is 2.51. The van der Waals surface area contributed by atoms with Crippen molar-refractivity contribution in [2.45, 2.75) is 38.9 Å². The van der Waals surface area contributed by atoms with Crippen LogP contribution < -0.4 is 10.5 Å². The molecule has 1 atom stereocenters. The quantitative estimate of drug-likeness (QED) is 0.867. The Kier molecular flexibility index (Phi) is 4.02. The molecule has 3 heteroatoms. The van der Waals surface area contributed by atoms with Gasteiger partial charge in [0.25, 0.3) is 0 Å². The van der Waals surface area contributed by atoms with Crippen LogP contribution in [0.2, 0.25) is 0 Å². The zero-order valence-electron chi connectivity index (χ0n) is 10.8. The van der Waals surface area contributed by atoms with Gasteiger partial charge in [0.2, 0.25) is 0 Å². The van der Waals surface area contributed by atoms with Crippen molar-refractivity contribution in [2.75, 3.05) is 13.7 Å². The summed E-state index contributed by atoms with van der Waals surface area (Å²) < 4.78 is 5.42. The van der Waals surface area contributed by atoms with Crippen molar-refractivity contribution in [1.29, 1.82) is 0 Å². The monoisotopic (exact) mass is 234 g/mol. The van der Waals surface area contributed by atoms with E-state index in [1.54, 1.807) is 7.11 Å². The third-order valence-electron chi connectivity index (χ3n) is 3.64. The van der Waals surface area contributed by atoms with Crippen molar-refractivity contribution in [2.24, 2.45) is 5.73 Å². The maximum absolute atomic E-state index is 5.69. The molecule has 1 heterocycles. The lowest BCUT2D eigenvalue weighted by molar-refractivity contribution is 0.256. The molecule has 0 aromatic heterocycles. The summed E-state index contributed by atoms with van der Waals surface area (Å²) in [5.74, 6) is 0.973. The lowest BCUT2D eigenvalue weighted by Gasteiger charge is -2.22. The molecule has 1 aromatic carbocycles. The highest BCUT2D eigenvalue weighted by Crippen LogP contribution is 2.25. The minimum absolute atomic E-state index is 0.590. The highest BCUT2D eigenvalue weighted by atomic mass is 16.5. The Bertz CT molecular complexity index is 378. The topological polar surface area (TPSA) is 38.5 Å². The van der Waals surface area contributed by atoms with Crippen LogP contribution in [0.3, 0.4) is 0 Å². The highest BCUT2D eigenvalue weighted by molar-refractivity contribution is 5.37. The van der Waals surface area contributed by atoms with Gasteiger partial charge in [0.15, 0.2) is 0 Å². The molecule has 0 saturated carbocycles. The van der Waals surface area contributed by atoms with Gasteiger partial charge in [-0.2, -0.15) is 0 Å². The van der Waals surface area contributed by atoms with E-state index < -0.39 is 0 Å². The first-order valence-corrected chi connectivity index (χ1v) is 6.34. The van der Waals surface area contributed by atoms with E-state index in [0.29, 0.717) is 12.6 Å². The Morgan fingerprint density at radius 2 is 2.29 bits per heavy atom. The van der Waals surface area contributed by atoms with E-state index in [9.17, 15) is 0 Å². The summed E-state index contributed by atoms with van der Waals surface area (Å²) in [6, 6.07) is 6.92. The molecule has 0 bridgehead atoms. The first kappa shape index (κ1) is 12.4. The van der Waals surface area contributed by atoms with Crippen molar-refractivity contribution in [3.8, 4) is 5.75 Å². The summed E-state index contributed by atoms with van der Waals surface area (Å²) in [5.41, 5.74) is 8.12. The first-order valence-electron chi connectivity index (χ1n) is 6.34. The van der Waals surface area contributed by atoms with Crippen molar-refractivity contribution in [3.63, 3.8) is 0 Å². The molecule has 1 aromatic rings. The lowest BCUT2D eigenvalue weighted by atomic mass is 10.1. The molecule has 2 N–H and O–H groups in total. The van der Waals surface area contributed by atoms with Crippen LogP contribution in [0.15, 0.2) is 18.2 Å². The third-order valence-corrected chi connectivity index (χ3v) is 3.64. The molecule has 94 valence electrons. The van der Waals surface area contributed by atoms with Crippen molar-refractivity contribution >= 4 is 0 Å². The molecule has 3 nitrogen and oxygen atoms in total. The van der Waals surface area contributed by atoms with E-state index in [0.717, 1.165) is 12.3 Å². The number of hydrogen-bond acceptors (Lipinski definition) is 3. The molecule has 1 aliphatic heterocycles. The number of hydrogen-bond donors (Lipinski definition) is 1. The van der Waals surface area contributed by atoms with Gasteiger partial charge < -0.3 is 10.5 Å². The van der Waals surface area contributed by atoms with Crippen LogP contribution in [-0.4, -0.2) is 24.6 Å². The number of rotatable bonds is 4. The van der Waals surface area contributed by atoms with Gasteiger partial charge in [0.1, 0.15) is 5.75 Å². The molecular formula is C14H22N2O. The smallest absolute Gasteiger partial charge is 0.123 e. The summed E-state index contributed by atoms with van der Waals surface area (Å²) >= 11 is 0.